The maximum absolute atomic E-state index is 9.06. The minimum atomic E-state index is 0.0262. The van der Waals surface area contributed by atoms with E-state index < -0.39 is 0 Å². The second-order valence-electron chi connectivity index (χ2n) is 7.62. The van der Waals surface area contributed by atoms with Gasteiger partial charge in [0.25, 0.3) is 0 Å². The van der Waals surface area contributed by atoms with E-state index in [0.29, 0.717) is 29.8 Å². The van der Waals surface area contributed by atoms with Gasteiger partial charge < -0.3 is 24.3 Å². The molecule has 2 rings (SSSR count). The maximum atomic E-state index is 9.06. The van der Waals surface area contributed by atoms with Crippen LogP contribution < -0.4 is 24.3 Å². The van der Waals surface area contributed by atoms with Crippen LogP contribution in [0.25, 0.3) is 0 Å². The molecule has 0 radical (unpaired) electrons. The number of hydrogen-bond donors (Lipinski definition) is 1. The Bertz CT molecular complexity index is 818. The molecule has 0 saturated heterocycles. The van der Waals surface area contributed by atoms with Crippen LogP contribution in [0.5, 0.6) is 23.0 Å². The molecule has 0 aliphatic carbocycles. The maximum Gasteiger partial charge on any atom is 0.203 e. The number of benzene rings is 2. The predicted octanol–water partition coefficient (Wildman–Crippen LogP) is 4.62. The summed E-state index contributed by atoms with van der Waals surface area (Å²) < 4.78 is 23.0. The Hall–Kier alpha value is -2.91. The summed E-state index contributed by atoms with van der Waals surface area (Å²) in [6.45, 7) is 6.61. The quantitative estimate of drug-likeness (QED) is 0.444. The smallest absolute Gasteiger partial charge is 0.203 e. The SMILES string of the molecule is COc1cc(CC#N)cc(OC(CCCNCCOc2ccccc2)C(C)C)c1OC. The fourth-order valence-corrected chi connectivity index (χ4v) is 3.27. The summed E-state index contributed by atoms with van der Waals surface area (Å²) in [4.78, 5) is 0. The van der Waals surface area contributed by atoms with Crippen LogP contribution in [0.15, 0.2) is 42.5 Å². The number of ether oxygens (including phenoxy) is 4. The van der Waals surface area contributed by atoms with Crippen molar-refractivity contribution in [2.45, 2.75) is 39.2 Å². The third-order valence-electron chi connectivity index (χ3n) is 4.94. The molecule has 0 heterocycles. The molecule has 6 heteroatoms. The van der Waals surface area contributed by atoms with E-state index in [1.54, 1.807) is 14.2 Å². The molecule has 31 heavy (non-hydrogen) atoms. The lowest BCUT2D eigenvalue weighted by molar-refractivity contribution is 0.133. The molecule has 1 atom stereocenters. The van der Waals surface area contributed by atoms with Crippen LogP contribution in [-0.4, -0.2) is 40.0 Å². The normalized spacial score (nSPS) is 11.6. The molecule has 0 bridgehead atoms. The Balaban J connectivity index is 1.85. The number of para-hydroxylation sites is 1. The van der Waals surface area contributed by atoms with Crippen molar-refractivity contribution < 1.29 is 18.9 Å². The molecule has 1 unspecified atom stereocenters. The van der Waals surface area contributed by atoms with Gasteiger partial charge in [0.2, 0.25) is 5.75 Å². The molecular weight excluding hydrogens is 392 g/mol. The standard InChI is InChI=1S/C25H34N2O4/c1-19(2)22(11-8-14-27-15-16-30-21-9-6-5-7-10-21)31-24-18-20(12-13-26)17-23(28-3)25(24)29-4/h5-7,9-10,17-19,22,27H,8,11-12,14-16H2,1-4H3. The number of nitrogens with one attached hydrogen (secondary N) is 1. The highest BCUT2D eigenvalue weighted by atomic mass is 16.5. The largest absolute Gasteiger partial charge is 0.493 e. The number of methoxy groups -OCH3 is 2. The minimum Gasteiger partial charge on any atom is -0.493 e. The van der Waals surface area contributed by atoms with Gasteiger partial charge in [0.15, 0.2) is 11.5 Å². The Morgan fingerprint density at radius 1 is 1.00 bits per heavy atom. The zero-order valence-corrected chi connectivity index (χ0v) is 19.0. The summed E-state index contributed by atoms with van der Waals surface area (Å²) >= 11 is 0. The first-order valence-corrected chi connectivity index (χ1v) is 10.8. The van der Waals surface area contributed by atoms with E-state index in [4.69, 9.17) is 24.2 Å². The summed E-state index contributed by atoms with van der Waals surface area (Å²) in [7, 11) is 3.19. The fourth-order valence-electron chi connectivity index (χ4n) is 3.27. The first kappa shape index (κ1) is 24.4. The van der Waals surface area contributed by atoms with Gasteiger partial charge >= 0.3 is 0 Å². The van der Waals surface area contributed by atoms with Gasteiger partial charge in [-0.05, 0) is 55.1 Å². The number of nitrogens with zero attached hydrogens (tertiary/aromatic N) is 1. The van der Waals surface area contributed by atoms with Crippen molar-refractivity contribution in [3.8, 4) is 29.1 Å². The molecule has 0 aliphatic rings. The number of nitriles is 1. The lowest BCUT2D eigenvalue weighted by atomic mass is 10.0. The Morgan fingerprint density at radius 3 is 2.39 bits per heavy atom. The van der Waals surface area contributed by atoms with Gasteiger partial charge in [-0.1, -0.05) is 32.0 Å². The Morgan fingerprint density at radius 2 is 1.74 bits per heavy atom. The molecule has 0 aliphatic heterocycles. The average molecular weight is 427 g/mol. The first-order valence-electron chi connectivity index (χ1n) is 10.8. The average Bonchev–Trinajstić information content (AvgIpc) is 2.78. The second-order valence-corrected chi connectivity index (χ2v) is 7.62. The van der Waals surface area contributed by atoms with Gasteiger partial charge in [0.05, 0.1) is 26.7 Å². The summed E-state index contributed by atoms with van der Waals surface area (Å²) in [6, 6.07) is 15.7. The summed E-state index contributed by atoms with van der Waals surface area (Å²) in [6.07, 6.45) is 2.19. The van der Waals surface area contributed by atoms with E-state index in [9.17, 15) is 0 Å². The lowest BCUT2D eigenvalue weighted by Crippen LogP contribution is -2.27. The molecule has 0 fully saturated rings. The van der Waals surface area contributed by atoms with Crippen LogP contribution in [0.1, 0.15) is 32.3 Å². The van der Waals surface area contributed by atoms with E-state index in [1.165, 1.54) is 0 Å². The zero-order valence-electron chi connectivity index (χ0n) is 19.0. The molecule has 1 N–H and O–H groups in total. The third kappa shape index (κ3) is 8.03. The van der Waals surface area contributed by atoms with E-state index in [2.05, 4.69) is 25.2 Å². The molecule has 0 spiro atoms. The van der Waals surface area contributed by atoms with Gasteiger partial charge in [0, 0.05) is 6.54 Å². The van der Waals surface area contributed by atoms with Gasteiger partial charge in [-0.2, -0.15) is 5.26 Å². The van der Waals surface area contributed by atoms with Crippen molar-refractivity contribution in [2.24, 2.45) is 5.92 Å². The zero-order chi connectivity index (χ0) is 22.5. The minimum absolute atomic E-state index is 0.0262. The molecule has 6 nitrogen and oxygen atoms in total. The summed E-state index contributed by atoms with van der Waals surface area (Å²) in [5.74, 6) is 2.98. The van der Waals surface area contributed by atoms with Gasteiger partial charge in [-0.3, -0.25) is 0 Å². The van der Waals surface area contributed by atoms with E-state index in [-0.39, 0.29) is 12.5 Å². The van der Waals surface area contributed by atoms with Gasteiger partial charge in [-0.15, -0.1) is 0 Å². The van der Waals surface area contributed by atoms with Crippen molar-refractivity contribution in [1.29, 1.82) is 5.26 Å². The highest BCUT2D eigenvalue weighted by Crippen LogP contribution is 2.39. The van der Waals surface area contributed by atoms with Gasteiger partial charge in [-0.25, -0.2) is 0 Å². The van der Waals surface area contributed by atoms with Crippen LogP contribution in [0.2, 0.25) is 0 Å². The monoisotopic (exact) mass is 426 g/mol. The van der Waals surface area contributed by atoms with Crippen molar-refractivity contribution in [3.05, 3.63) is 48.0 Å². The molecule has 0 saturated carbocycles. The molecule has 2 aromatic carbocycles. The van der Waals surface area contributed by atoms with Crippen molar-refractivity contribution in [1.82, 2.24) is 5.32 Å². The highest BCUT2D eigenvalue weighted by Gasteiger charge is 2.20. The summed E-state index contributed by atoms with van der Waals surface area (Å²) in [5.41, 5.74) is 0.845. The highest BCUT2D eigenvalue weighted by molar-refractivity contribution is 5.54. The van der Waals surface area contributed by atoms with Crippen LogP contribution >= 0.6 is 0 Å². The van der Waals surface area contributed by atoms with Crippen molar-refractivity contribution in [2.75, 3.05) is 33.9 Å². The Labute approximate surface area is 186 Å². The summed E-state index contributed by atoms with van der Waals surface area (Å²) in [5, 5.41) is 12.5. The predicted molar refractivity (Wildman–Crippen MR) is 122 cm³/mol. The van der Waals surface area contributed by atoms with Crippen LogP contribution in [0, 0.1) is 17.2 Å². The topological polar surface area (TPSA) is 72.7 Å². The van der Waals surface area contributed by atoms with Gasteiger partial charge in [0.1, 0.15) is 18.5 Å². The lowest BCUT2D eigenvalue weighted by Gasteiger charge is -2.25. The number of hydrogen-bond acceptors (Lipinski definition) is 6. The first-order chi connectivity index (χ1) is 15.1. The van der Waals surface area contributed by atoms with Crippen molar-refractivity contribution >= 4 is 0 Å². The van der Waals surface area contributed by atoms with Crippen LogP contribution in [-0.2, 0) is 6.42 Å². The second kappa shape index (κ2) is 13.4. The van der Waals surface area contributed by atoms with Crippen molar-refractivity contribution in [3.63, 3.8) is 0 Å². The molecular formula is C25H34N2O4. The molecule has 168 valence electrons. The molecule has 0 amide bonds. The third-order valence-corrected chi connectivity index (χ3v) is 4.94. The number of rotatable bonds is 14. The fraction of sp³-hybridized carbons (Fsp3) is 0.480. The van der Waals surface area contributed by atoms with Crippen LogP contribution in [0.4, 0.5) is 0 Å². The van der Waals surface area contributed by atoms with E-state index >= 15 is 0 Å². The van der Waals surface area contributed by atoms with E-state index in [1.807, 2.05) is 42.5 Å². The molecule has 0 aromatic heterocycles. The van der Waals surface area contributed by atoms with E-state index in [0.717, 1.165) is 37.2 Å². The Kier molecular flexibility index (Phi) is 10.5. The molecule has 2 aromatic rings. The van der Waals surface area contributed by atoms with Crippen LogP contribution in [0.3, 0.4) is 0 Å².